The van der Waals surface area contributed by atoms with Crippen molar-refractivity contribution in [3.05, 3.63) is 77.5 Å². The largest absolute Gasteiger partial charge is 0.497 e. The number of halogens is 3. The van der Waals surface area contributed by atoms with Crippen LogP contribution in [0.15, 0.2) is 59.0 Å². The Labute approximate surface area is 160 Å². The van der Waals surface area contributed by atoms with Crippen LogP contribution in [0.3, 0.4) is 0 Å². The molecule has 3 aromatic rings. The van der Waals surface area contributed by atoms with Crippen molar-refractivity contribution in [3.63, 3.8) is 0 Å². The summed E-state index contributed by atoms with van der Waals surface area (Å²) in [5.41, 5.74) is 2.84. The Hall–Kier alpha value is -2.01. The van der Waals surface area contributed by atoms with E-state index in [1.54, 1.807) is 13.2 Å². The molecule has 0 N–H and O–H groups in total. The number of ether oxygens (including phenoxy) is 1. The SMILES string of the molecule is COc1ccc(C(=Cc2nnc(C(Cl)(Cl)Cl)o2)c2ccccc2)cc1. The molecule has 0 bridgehead atoms. The predicted molar refractivity (Wildman–Crippen MR) is 99.9 cm³/mol. The molecule has 0 aliphatic rings. The fourth-order valence-electron chi connectivity index (χ4n) is 2.25. The maximum atomic E-state index is 5.78. The van der Waals surface area contributed by atoms with Gasteiger partial charge in [0.15, 0.2) is 0 Å². The van der Waals surface area contributed by atoms with Crippen LogP contribution in [0.4, 0.5) is 0 Å². The molecule has 0 aliphatic carbocycles. The summed E-state index contributed by atoms with van der Waals surface area (Å²) in [4.78, 5) is 0. The molecular weight excluding hydrogens is 383 g/mol. The topological polar surface area (TPSA) is 48.2 Å². The molecule has 0 fully saturated rings. The van der Waals surface area contributed by atoms with E-state index in [2.05, 4.69) is 10.2 Å². The van der Waals surface area contributed by atoms with E-state index >= 15 is 0 Å². The summed E-state index contributed by atoms with van der Waals surface area (Å²) in [6.07, 6.45) is 1.75. The fourth-order valence-corrected chi connectivity index (χ4v) is 2.48. The summed E-state index contributed by atoms with van der Waals surface area (Å²) >= 11 is 17.3. The minimum absolute atomic E-state index is 0.0779. The Kier molecular flexibility index (Phi) is 5.33. The number of aromatic nitrogens is 2. The molecule has 0 aliphatic heterocycles. The van der Waals surface area contributed by atoms with Gasteiger partial charge in [-0.05, 0) is 28.8 Å². The van der Waals surface area contributed by atoms with E-state index in [0.29, 0.717) is 0 Å². The van der Waals surface area contributed by atoms with Crippen molar-refractivity contribution in [3.8, 4) is 5.75 Å². The number of hydrogen-bond acceptors (Lipinski definition) is 4. The number of hydrogen-bond donors (Lipinski definition) is 0. The molecule has 128 valence electrons. The number of rotatable bonds is 4. The first kappa shape index (κ1) is 17.8. The van der Waals surface area contributed by atoms with E-state index in [4.69, 9.17) is 44.0 Å². The van der Waals surface area contributed by atoms with Gasteiger partial charge in [0.05, 0.1) is 7.11 Å². The van der Waals surface area contributed by atoms with Crippen LogP contribution < -0.4 is 4.74 Å². The molecule has 3 rings (SSSR count). The molecule has 0 unspecified atom stereocenters. The van der Waals surface area contributed by atoms with Crippen LogP contribution in [0, 0.1) is 0 Å². The molecular formula is C18H13Cl3N2O2. The van der Waals surface area contributed by atoms with Crippen LogP contribution >= 0.6 is 34.8 Å². The van der Waals surface area contributed by atoms with E-state index in [0.717, 1.165) is 22.4 Å². The highest BCUT2D eigenvalue weighted by atomic mass is 35.6. The third-order valence-corrected chi connectivity index (χ3v) is 3.92. The highest BCUT2D eigenvalue weighted by Crippen LogP contribution is 2.37. The smallest absolute Gasteiger partial charge is 0.268 e. The van der Waals surface area contributed by atoms with Gasteiger partial charge < -0.3 is 9.15 Å². The van der Waals surface area contributed by atoms with Crippen molar-refractivity contribution in [2.75, 3.05) is 7.11 Å². The average molecular weight is 396 g/mol. The molecule has 7 heteroatoms. The zero-order valence-corrected chi connectivity index (χ0v) is 15.4. The molecule has 0 radical (unpaired) electrons. The molecule has 0 amide bonds. The zero-order chi connectivity index (χ0) is 17.9. The van der Waals surface area contributed by atoms with Crippen LogP contribution in [0.2, 0.25) is 0 Å². The second-order valence-electron chi connectivity index (χ2n) is 5.10. The normalized spacial score (nSPS) is 12.2. The molecule has 2 aromatic carbocycles. The second kappa shape index (κ2) is 7.48. The van der Waals surface area contributed by atoms with Crippen molar-refractivity contribution in [1.29, 1.82) is 0 Å². The number of alkyl halides is 3. The first-order chi connectivity index (χ1) is 12.0. The number of benzene rings is 2. The van der Waals surface area contributed by atoms with E-state index in [9.17, 15) is 0 Å². The molecule has 4 nitrogen and oxygen atoms in total. The predicted octanol–water partition coefficient (Wildman–Crippen LogP) is 5.49. The summed E-state index contributed by atoms with van der Waals surface area (Å²) in [6.45, 7) is 0. The number of nitrogens with zero attached hydrogens (tertiary/aromatic N) is 2. The quantitative estimate of drug-likeness (QED) is 0.548. The van der Waals surface area contributed by atoms with E-state index in [-0.39, 0.29) is 11.8 Å². The molecule has 25 heavy (non-hydrogen) atoms. The Morgan fingerprint density at radius 3 is 2.16 bits per heavy atom. The first-order valence-electron chi connectivity index (χ1n) is 7.29. The molecule has 0 saturated carbocycles. The molecule has 1 aromatic heterocycles. The average Bonchev–Trinajstić information content (AvgIpc) is 3.10. The van der Waals surface area contributed by atoms with Crippen molar-refractivity contribution < 1.29 is 9.15 Å². The van der Waals surface area contributed by atoms with Crippen LogP contribution in [0.25, 0.3) is 11.6 Å². The van der Waals surface area contributed by atoms with Gasteiger partial charge in [0, 0.05) is 6.08 Å². The minimum Gasteiger partial charge on any atom is -0.497 e. The minimum atomic E-state index is -1.76. The third kappa shape index (κ3) is 4.34. The lowest BCUT2D eigenvalue weighted by molar-refractivity contribution is 0.415. The van der Waals surface area contributed by atoms with Crippen LogP contribution in [-0.4, -0.2) is 17.3 Å². The molecule has 1 heterocycles. The van der Waals surface area contributed by atoms with Crippen LogP contribution in [0.5, 0.6) is 5.75 Å². The Morgan fingerprint density at radius 1 is 0.960 bits per heavy atom. The van der Waals surface area contributed by atoms with Crippen molar-refractivity contribution in [2.24, 2.45) is 0 Å². The standard InChI is InChI=1S/C18H13Cl3N2O2/c1-24-14-9-7-13(8-10-14)15(12-5-3-2-4-6-12)11-16-22-23-17(25-16)18(19,20)21/h2-11H,1H3. The lowest BCUT2D eigenvalue weighted by Gasteiger charge is -2.09. The lowest BCUT2D eigenvalue weighted by atomic mass is 9.97. The second-order valence-corrected chi connectivity index (χ2v) is 7.38. The van der Waals surface area contributed by atoms with Gasteiger partial charge in [0.25, 0.3) is 9.68 Å². The van der Waals surface area contributed by atoms with Crippen LogP contribution in [-0.2, 0) is 3.79 Å². The zero-order valence-electron chi connectivity index (χ0n) is 13.1. The lowest BCUT2D eigenvalue weighted by Crippen LogP contribution is -1.99. The summed E-state index contributed by atoms with van der Waals surface area (Å²) in [7, 11) is 1.62. The highest BCUT2D eigenvalue weighted by Gasteiger charge is 2.30. The fraction of sp³-hybridized carbons (Fsp3) is 0.111. The first-order valence-corrected chi connectivity index (χ1v) is 8.43. The van der Waals surface area contributed by atoms with Gasteiger partial charge >= 0.3 is 0 Å². The van der Waals surface area contributed by atoms with Gasteiger partial charge in [-0.1, -0.05) is 77.3 Å². The summed E-state index contributed by atoms with van der Waals surface area (Å²) in [5, 5.41) is 7.71. The van der Waals surface area contributed by atoms with Crippen molar-refractivity contribution in [1.82, 2.24) is 10.2 Å². The summed E-state index contributed by atoms with van der Waals surface area (Å²) in [6, 6.07) is 17.5. The Balaban J connectivity index is 2.06. The molecule has 0 saturated heterocycles. The molecule has 0 spiro atoms. The van der Waals surface area contributed by atoms with Gasteiger partial charge in [0.1, 0.15) is 5.75 Å². The van der Waals surface area contributed by atoms with Gasteiger partial charge in [-0.25, -0.2) is 0 Å². The molecule has 0 atom stereocenters. The van der Waals surface area contributed by atoms with Crippen molar-refractivity contribution in [2.45, 2.75) is 3.79 Å². The van der Waals surface area contributed by atoms with E-state index in [1.165, 1.54) is 0 Å². The van der Waals surface area contributed by atoms with Crippen LogP contribution in [0.1, 0.15) is 22.9 Å². The third-order valence-electron chi connectivity index (χ3n) is 3.44. The van der Waals surface area contributed by atoms with Gasteiger partial charge in [-0.15, -0.1) is 10.2 Å². The summed E-state index contributed by atoms with van der Waals surface area (Å²) < 4.78 is 8.90. The Bertz CT molecular complexity index is 869. The monoisotopic (exact) mass is 394 g/mol. The Morgan fingerprint density at radius 2 is 1.60 bits per heavy atom. The number of methoxy groups -OCH3 is 1. The van der Waals surface area contributed by atoms with Gasteiger partial charge in [-0.2, -0.15) is 0 Å². The maximum absolute atomic E-state index is 5.78. The van der Waals surface area contributed by atoms with Gasteiger partial charge in [0.2, 0.25) is 5.89 Å². The van der Waals surface area contributed by atoms with E-state index in [1.807, 2.05) is 54.6 Å². The maximum Gasteiger partial charge on any atom is 0.268 e. The van der Waals surface area contributed by atoms with E-state index < -0.39 is 3.79 Å². The summed E-state index contributed by atoms with van der Waals surface area (Å²) in [5.74, 6) is 0.939. The highest BCUT2D eigenvalue weighted by molar-refractivity contribution is 6.66. The van der Waals surface area contributed by atoms with Crippen molar-refractivity contribution >= 4 is 46.5 Å². The van der Waals surface area contributed by atoms with Gasteiger partial charge in [-0.3, -0.25) is 0 Å².